The topological polar surface area (TPSA) is 54.5 Å². The molecule has 0 bridgehead atoms. The fourth-order valence-corrected chi connectivity index (χ4v) is 3.82. The number of hydrogen-bond donors (Lipinski definition) is 1. The summed E-state index contributed by atoms with van der Waals surface area (Å²) in [6.07, 6.45) is 0.963. The first kappa shape index (κ1) is 16.9. The molecule has 1 fully saturated rings. The van der Waals surface area contributed by atoms with Gasteiger partial charge in [0.1, 0.15) is 11.0 Å². The van der Waals surface area contributed by atoms with E-state index in [9.17, 15) is 4.79 Å². The molecule has 24 heavy (non-hydrogen) atoms. The van der Waals surface area contributed by atoms with Gasteiger partial charge in [0.2, 0.25) is 0 Å². The van der Waals surface area contributed by atoms with Crippen LogP contribution >= 0.6 is 11.3 Å². The molecule has 1 aromatic carbocycles. The van der Waals surface area contributed by atoms with Crippen LogP contribution in [0.1, 0.15) is 34.8 Å². The molecule has 1 N–H and O–H groups in total. The molecule has 3 rings (SSSR count). The van der Waals surface area contributed by atoms with Crippen molar-refractivity contribution < 1.29 is 9.53 Å². The van der Waals surface area contributed by atoms with Gasteiger partial charge in [-0.1, -0.05) is 31.2 Å². The lowest BCUT2D eigenvalue weighted by Crippen LogP contribution is -2.48. The number of carbonyl (C=O) groups is 1. The van der Waals surface area contributed by atoms with Crippen LogP contribution in [0.5, 0.6) is 0 Å². The van der Waals surface area contributed by atoms with Crippen molar-refractivity contribution in [2.75, 3.05) is 19.8 Å². The highest BCUT2D eigenvalue weighted by molar-refractivity contribution is 7.09. The van der Waals surface area contributed by atoms with Gasteiger partial charge in [-0.2, -0.15) is 0 Å². The zero-order valence-electron chi connectivity index (χ0n) is 14.1. The second-order valence-electron chi connectivity index (χ2n) is 5.89. The van der Waals surface area contributed by atoms with Crippen molar-refractivity contribution >= 4 is 17.4 Å². The maximum atomic E-state index is 12.7. The predicted molar refractivity (Wildman–Crippen MR) is 95.2 cm³/mol. The second-order valence-corrected chi connectivity index (χ2v) is 6.78. The third-order valence-electron chi connectivity index (χ3n) is 4.24. The Labute approximate surface area is 146 Å². The standard InChI is InChI=1S/C18H23N3O2S/c1-3-14-6-4-5-7-15(14)10-19-18(22)21-8-9-23-11-16(21)17-20-13(2)12-24-17/h4-7,12,16H,3,8-11H2,1-2H3,(H,19,22)/t16-/m0/s1. The molecule has 1 aliphatic heterocycles. The molecule has 1 saturated heterocycles. The molecule has 0 saturated carbocycles. The maximum absolute atomic E-state index is 12.7. The number of carbonyl (C=O) groups excluding carboxylic acids is 1. The molecule has 6 heteroatoms. The van der Waals surface area contributed by atoms with E-state index in [2.05, 4.69) is 29.4 Å². The fourth-order valence-electron chi connectivity index (χ4n) is 2.92. The van der Waals surface area contributed by atoms with Gasteiger partial charge in [-0.25, -0.2) is 9.78 Å². The highest BCUT2D eigenvalue weighted by Gasteiger charge is 2.30. The summed E-state index contributed by atoms with van der Waals surface area (Å²) < 4.78 is 5.57. The zero-order valence-corrected chi connectivity index (χ0v) is 14.9. The van der Waals surface area contributed by atoms with E-state index in [1.807, 2.05) is 29.3 Å². The molecule has 1 aromatic heterocycles. The number of thiazole rings is 1. The van der Waals surface area contributed by atoms with Crippen LogP contribution in [0, 0.1) is 6.92 Å². The number of nitrogens with zero attached hydrogens (tertiary/aromatic N) is 2. The summed E-state index contributed by atoms with van der Waals surface area (Å²) in [5, 5.41) is 6.01. The average Bonchev–Trinajstić information content (AvgIpc) is 3.06. The maximum Gasteiger partial charge on any atom is 0.318 e. The lowest BCUT2D eigenvalue weighted by Gasteiger charge is -2.34. The molecule has 128 valence electrons. The molecule has 2 aromatic rings. The molecule has 2 amide bonds. The van der Waals surface area contributed by atoms with Gasteiger partial charge in [0.05, 0.1) is 13.2 Å². The Morgan fingerprint density at radius 1 is 1.42 bits per heavy atom. The van der Waals surface area contributed by atoms with Gasteiger partial charge in [0, 0.05) is 24.2 Å². The third-order valence-corrected chi connectivity index (χ3v) is 5.30. The Balaban J connectivity index is 1.68. The molecule has 0 spiro atoms. The number of nitrogens with one attached hydrogen (secondary N) is 1. The van der Waals surface area contributed by atoms with Crippen molar-refractivity contribution in [2.45, 2.75) is 32.9 Å². The van der Waals surface area contributed by atoms with Crippen molar-refractivity contribution in [3.8, 4) is 0 Å². The van der Waals surface area contributed by atoms with Crippen molar-refractivity contribution in [3.05, 3.63) is 51.5 Å². The Morgan fingerprint density at radius 3 is 2.92 bits per heavy atom. The third kappa shape index (κ3) is 3.76. The smallest absolute Gasteiger partial charge is 0.318 e. The molecule has 1 atom stereocenters. The van der Waals surface area contributed by atoms with Crippen molar-refractivity contribution in [2.24, 2.45) is 0 Å². The van der Waals surface area contributed by atoms with E-state index in [1.165, 1.54) is 11.1 Å². The first-order valence-electron chi connectivity index (χ1n) is 8.30. The van der Waals surface area contributed by atoms with E-state index >= 15 is 0 Å². The largest absolute Gasteiger partial charge is 0.377 e. The quantitative estimate of drug-likeness (QED) is 0.925. The van der Waals surface area contributed by atoms with Crippen molar-refractivity contribution in [3.63, 3.8) is 0 Å². The van der Waals surface area contributed by atoms with Crippen LogP contribution in [0.3, 0.4) is 0 Å². The monoisotopic (exact) mass is 345 g/mol. The van der Waals surface area contributed by atoms with Gasteiger partial charge in [-0.3, -0.25) is 0 Å². The molecule has 1 aliphatic rings. The Kier molecular flexibility index (Phi) is 5.48. The number of aryl methyl sites for hydroxylation is 2. The van der Waals surface area contributed by atoms with E-state index in [1.54, 1.807) is 11.3 Å². The number of morpholine rings is 1. The van der Waals surface area contributed by atoms with Crippen LogP contribution in [0.4, 0.5) is 4.79 Å². The molecule has 0 aliphatic carbocycles. The Hall–Kier alpha value is -1.92. The lowest BCUT2D eigenvalue weighted by molar-refractivity contribution is 0.0115. The summed E-state index contributed by atoms with van der Waals surface area (Å²) >= 11 is 1.58. The van der Waals surface area contributed by atoms with Gasteiger partial charge >= 0.3 is 6.03 Å². The summed E-state index contributed by atoms with van der Waals surface area (Å²) in [6.45, 7) is 6.30. The minimum Gasteiger partial charge on any atom is -0.377 e. The summed E-state index contributed by atoms with van der Waals surface area (Å²) in [5.41, 5.74) is 3.42. The van der Waals surface area contributed by atoms with Crippen LogP contribution in [0.2, 0.25) is 0 Å². The lowest BCUT2D eigenvalue weighted by atomic mass is 10.1. The Morgan fingerprint density at radius 2 is 2.21 bits per heavy atom. The summed E-state index contributed by atoms with van der Waals surface area (Å²) in [6, 6.07) is 8.07. The molecular weight excluding hydrogens is 322 g/mol. The summed E-state index contributed by atoms with van der Waals surface area (Å²) in [7, 11) is 0. The highest BCUT2D eigenvalue weighted by Crippen LogP contribution is 2.27. The number of hydrogen-bond acceptors (Lipinski definition) is 4. The minimum atomic E-state index is -0.0983. The fraction of sp³-hybridized carbons (Fsp3) is 0.444. The average molecular weight is 345 g/mol. The predicted octanol–water partition coefficient (Wildman–Crippen LogP) is 3.30. The SMILES string of the molecule is CCc1ccccc1CNC(=O)N1CCOC[C@H]1c1nc(C)cs1. The number of benzene rings is 1. The van der Waals surface area contributed by atoms with Gasteiger partial charge in [0.15, 0.2) is 0 Å². The van der Waals surface area contributed by atoms with Crippen molar-refractivity contribution in [1.82, 2.24) is 15.2 Å². The van der Waals surface area contributed by atoms with Crippen LogP contribution in [0.25, 0.3) is 0 Å². The van der Waals surface area contributed by atoms with Crippen LogP contribution < -0.4 is 5.32 Å². The zero-order chi connectivity index (χ0) is 16.9. The molecule has 0 unspecified atom stereocenters. The van der Waals surface area contributed by atoms with Gasteiger partial charge in [0.25, 0.3) is 0 Å². The van der Waals surface area contributed by atoms with Crippen molar-refractivity contribution in [1.29, 1.82) is 0 Å². The van der Waals surface area contributed by atoms with Gasteiger partial charge < -0.3 is 15.0 Å². The number of aromatic nitrogens is 1. The van der Waals surface area contributed by atoms with E-state index in [-0.39, 0.29) is 12.1 Å². The Bertz CT molecular complexity index is 701. The first-order valence-corrected chi connectivity index (χ1v) is 9.18. The van der Waals surface area contributed by atoms with Crippen LogP contribution in [-0.4, -0.2) is 35.7 Å². The number of ether oxygens (including phenoxy) is 1. The number of amides is 2. The summed E-state index contributed by atoms with van der Waals surface area (Å²) in [5.74, 6) is 0. The second kappa shape index (κ2) is 7.77. The number of urea groups is 1. The molecule has 5 nitrogen and oxygen atoms in total. The molecule has 0 radical (unpaired) electrons. The normalized spacial score (nSPS) is 17.8. The van der Waals surface area contributed by atoms with Crippen LogP contribution in [-0.2, 0) is 17.7 Å². The molecular formula is C18H23N3O2S. The van der Waals surface area contributed by atoms with Crippen LogP contribution in [0.15, 0.2) is 29.6 Å². The molecule has 2 heterocycles. The minimum absolute atomic E-state index is 0.0536. The summed E-state index contributed by atoms with van der Waals surface area (Å²) in [4.78, 5) is 19.1. The first-order chi connectivity index (χ1) is 11.7. The number of rotatable bonds is 4. The van der Waals surface area contributed by atoms with Gasteiger partial charge in [-0.15, -0.1) is 11.3 Å². The van der Waals surface area contributed by atoms with E-state index in [4.69, 9.17) is 4.74 Å². The highest BCUT2D eigenvalue weighted by atomic mass is 32.1. The van der Waals surface area contributed by atoms with E-state index in [0.717, 1.165) is 17.1 Å². The van der Waals surface area contributed by atoms with E-state index < -0.39 is 0 Å². The van der Waals surface area contributed by atoms with Gasteiger partial charge in [-0.05, 0) is 24.5 Å². The van der Waals surface area contributed by atoms with E-state index in [0.29, 0.717) is 26.3 Å².